The Labute approximate surface area is 194 Å². The molecule has 0 saturated heterocycles. The minimum Gasteiger partial charge on any atom is -0.494 e. The molecule has 1 heterocycles. The maximum Gasteiger partial charge on any atom is 0.242 e. The molecule has 0 radical (unpaired) electrons. The summed E-state index contributed by atoms with van der Waals surface area (Å²) in [5, 5.41) is 2.46. The zero-order valence-electron chi connectivity index (χ0n) is 17.7. The average Bonchev–Trinajstić information content (AvgIpc) is 3.20. The van der Waals surface area contributed by atoms with Crippen molar-refractivity contribution in [1.82, 2.24) is 4.98 Å². The van der Waals surface area contributed by atoms with Crippen LogP contribution in [0.4, 0.5) is 5.69 Å². The van der Waals surface area contributed by atoms with Gasteiger partial charge < -0.3 is 10.1 Å². The summed E-state index contributed by atoms with van der Waals surface area (Å²) in [7, 11) is 0. The number of rotatable bonds is 8. The Hall–Kier alpha value is -3.16. The van der Waals surface area contributed by atoms with Crippen LogP contribution in [0.5, 0.6) is 5.75 Å². The number of Topliss-reactive ketones (excluding diaryl/α,β-unsaturated/α-hetero) is 1. The molecule has 4 aromatic rings. The lowest BCUT2D eigenvalue weighted by Crippen LogP contribution is -2.19. The van der Waals surface area contributed by atoms with E-state index in [1.165, 1.54) is 30.0 Å². The minimum absolute atomic E-state index is 0.0454. The van der Waals surface area contributed by atoms with E-state index in [9.17, 15) is 9.59 Å². The van der Waals surface area contributed by atoms with Crippen molar-refractivity contribution in [3.63, 3.8) is 0 Å². The average molecular weight is 463 g/mol. The number of thiazole rings is 1. The van der Waals surface area contributed by atoms with Gasteiger partial charge in [-0.2, -0.15) is 0 Å². The predicted octanol–water partition coefficient (Wildman–Crippen LogP) is 6.37. The fourth-order valence-corrected chi connectivity index (χ4v) is 5.50. The van der Waals surface area contributed by atoms with E-state index >= 15 is 0 Å². The van der Waals surface area contributed by atoms with Crippen molar-refractivity contribution in [1.29, 1.82) is 0 Å². The molecule has 0 saturated carbocycles. The molecule has 0 aliphatic rings. The highest BCUT2D eigenvalue weighted by molar-refractivity contribution is 8.02. The lowest BCUT2D eigenvalue weighted by atomic mass is 10.1. The number of nitrogens with one attached hydrogen (secondary N) is 1. The van der Waals surface area contributed by atoms with Crippen LogP contribution in [0.3, 0.4) is 0 Å². The van der Waals surface area contributed by atoms with Crippen molar-refractivity contribution in [3.05, 3.63) is 83.9 Å². The standard InChI is InChI=1S/C25H22N2O3S2/c1-3-30-20-12-13-21-22(15-20)31-25(27-21)32-23(17-8-5-4-6-9-17)24(29)26-19-11-7-10-18(14-19)16(2)28/h4-15,23H,3H2,1-2H3,(H,26,29). The van der Waals surface area contributed by atoms with Gasteiger partial charge in [-0.1, -0.05) is 54.2 Å². The second-order valence-corrected chi connectivity index (χ2v) is 9.46. The summed E-state index contributed by atoms with van der Waals surface area (Å²) < 4.78 is 7.40. The molecule has 1 N–H and O–H groups in total. The van der Waals surface area contributed by atoms with Crippen molar-refractivity contribution in [2.45, 2.75) is 23.4 Å². The maximum atomic E-state index is 13.3. The lowest BCUT2D eigenvalue weighted by molar-refractivity contribution is -0.115. The lowest BCUT2D eigenvalue weighted by Gasteiger charge is -2.16. The first-order valence-electron chi connectivity index (χ1n) is 10.2. The molecule has 3 aromatic carbocycles. The Balaban J connectivity index is 1.61. The van der Waals surface area contributed by atoms with Crippen LogP contribution < -0.4 is 10.1 Å². The van der Waals surface area contributed by atoms with Crippen molar-refractivity contribution < 1.29 is 14.3 Å². The summed E-state index contributed by atoms with van der Waals surface area (Å²) >= 11 is 2.95. The number of anilines is 1. The summed E-state index contributed by atoms with van der Waals surface area (Å²) in [5.74, 6) is 0.593. The Morgan fingerprint density at radius 2 is 1.88 bits per heavy atom. The first kappa shape index (κ1) is 22.0. The van der Waals surface area contributed by atoms with Crippen LogP contribution in [0, 0.1) is 0 Å². The number of hydrogen-bond donors (Lipinski definition) is 1. The van der Waals surface area contributed by atoms with E-state index in [2.05, 4.69) is 5.32 Å². The van der Waals surface area contributed by atoms with Crippen LogP contribution in [0.2, 0.25) is 0 Å². The highest BCUT2D eigenvalue weighted by atomic mass is 32.2. The van der Waals surface area contributed by atoms with E-state index in [0.29, 0.717) is 17.9 Å². The van der Waals surface area contributed by atoms with Gasteiger partial charge in [0.25, 0.3) is 0 Å². The predicted molar refractivity (Wildman–Crippen MR) is 131 cm³/mol. The van der Waals surface area contributed by atoms with Crippen LogP contribution in [-0.4, -0.2) is 23.3 Å². The fraction of sp³-hybridized carbons (Fsp3) is 0.160. The van der Waals surface area contributed by atoms with Gasteiger partial charge in [0.1, 0.15) is 11.0 Å². The van der Waals surface area contributed by atoms with Crippen molar-refractivity contribution >= 4 is 50.7 Å². The molecule has 1 unspecified atom stereocenters. The van der Waals surface area contributed by atoms with Gasteiger partial charge >= 0.3 is 0 Å². The molecule has 1 amide bonds. The SMILES string of the molecule is CCOc1ccc2nc(SC(C(=O)Nc3cccc(C(C)=O)c3)c3ccccc3)sc2c1. The Kier molecular flexibility index (Phi) is 6.87. The summed E-state index contributed by atoms with van der Waals surface area (Å²) in [4.78, 5) is 29.7. The number of amides is 1. The van der Waals surface area contributed by atoms with Gasteiger partial charge in [0.15, 0.2) is 10.1 Å². The minimum atomic E-state index is -0.496. The number of aromatic nitrogens is 1. The second-order valence-electron chi connectivity index (χ2n) is 7.08. The molecule has 7 heteroatoms. The first-order chi connectivity index (χ1) is 15.5. The van der Waals surface area contributed by atoms with E-state index in [1.54, 1.807) is 24.3 Å². The number of carbonyl (C=O) groups is 2. The van der Waals surface area contributed by atoms with E-state index in [4.69, 9.17) is 9.72 Å². The number of hydrogen-bond acceptors (Lipinski definition) is 6. The summed E-state index contributed by atoms with van der Waals surface area (Å²) in [6.07, 6.45) is 0. The molecule has 0 aliphatic heterocycles. The summed E-state index contributed by atoms with van der Waals surface area (Å²) in [5.41, 5.74) is 2.91. The van der Waals surface area contributed by atoms with Gasteiger partial charge in [-0.25, -0.2) is 4.98 Å². The number of ether oxygens (including phenoxy) is 1. The molecule has 0 bridgehead atoms. The zero-order chi connectivity index (χ0) is 22.5. The molecular formula is C25H22N2O3S2. The number of ketones is 1. The van der Waals surface area contributed by atoms with Crippen LogP contribution >= 0.6 is 23.1 Å². The molecule has 0 spiro atoms. The van der Waals surface area contributed by atoms with Crippen LogP contribution in [0.15, 0.2) is 77.1 Å². The first-order valence-corrected chi connectivity index (χ1v) is 11.9. The highest BCUT2D eigenvalue weighted by Crippen LogP contribution is 2.40. The number of nitrogens with zero attached hydrogens (tertiary/aromatic N) is 1. The number of carbonyl (C=O) groups excluding carboxylic acids is 2. The quantitative estimate of drug-likeness (QED) is 0.243. The van der Waals surface area contributed by atoms with Crippen LogP contribution in [-0.2, 0) is 4.79 Å². The monoisotopic (exact) mass is 462 g/mol. The molecule has 162 valence electrons. The van der Waals surface area contributed by atoms with E-state index in [0.717, 1.165) is 25.9 Å². The molecule has 5 nitrogen and oxygen atoms in total. The van der Waals surface area contributed by atoms with E-state index in [-0.39, 0.29) is 11.7 Å². The largest absolute Gasteiger partial charge is 0.494 e. The van der Waals surface area contributed by atoms with Crippen LogP contribution in [0.1, 0.15) is 35.0 Å². The van der Waals surface area contributed by atoms with Gasteiger partial charge in [0.2, 0.25) is 5.91 Å². The Morgan fingerprint density at radius 3 is 2.62 bits per heavy atom. The molecule has 0 fully saturated rings. The maximum absolute atomic E-state index is 13.3. The zero-order valence-corrected chi connectivity index (χ0v) is 19.3. The topological polar surface area (TPSA) is 68.3 Å². The van der Waals surface area contributed by atoms with Crippen molar-refractivity contribution in [2.24, 2.45) is 0 Å². The number of thioether (sulfide) groups is 1. The molecule has 1 aromatic heterocycles. The summed E-state index contributed by atoms with van der Waals surface area (Å²) in [6, 6.07) is 22.4. The smallest absolute Gasteiger partial charge is 0.242 e. The van der Waals surface area contributed by atoms with E-state index in [1.807, 2.05) is 55.5 Å². The highest BCUT2D eigenvalue weighted by Gasteiger charge is 2.24. The third-order valence-corrected chi connectivity index (χ3v) is 7.11. The van der Waals surface area contributed by atoms with Crippen molar-refractivity contribution in [3.8, 4) is 5.75 Å². The molecule has 1 atom stereocenters. The molecule has 4 rings (SSSR count). The van der Waals surface area contributed by atoms with Gasteiger partial charge in [0, 0.05) is 11.3 Å². The van der Waals surface area contributed by atoms with E-state index < -0.39 is 5.25 Å². The Morgan fingerprint density at radius 1 is 1.06 bits per heavy atom. The molecular weight excluding hydrogens is 440 g/mol. The fourth-order valence-electron chi connectivity index (χ4n) is 3.22. The summed E-state index contributed by atoms with van der Waals surface area (Å²) in [6.45, 7) is 4.06. The van der Waals surface area contributed by atoms with Crippen molar-refractivity contribution in [2.75, 3.05) is 11.9 Å². The number of fused-ring (bicyclic) bond motifs is 1. The van der Waals surface area contributed by atoms with Gasteiger partial charge in [-0.05, 0) is 49.7 Å². The van der Waals surface area contributed by atoms with Gasteiger partial charge in [-0.15, -0.1) is 11.3 Å². The van der Waals surface area contributed by atoms with Crippen LogP contribution in [0.25, 0.3) is 10.2 Å². The third-order valence-electron chi connectivity index (χ3n) is 4.75. The molecule has 32 heavy (non-hydrogen) atoms. The van der Waals surface area contributed by atoms with Gasteiger partial charge in [-0.3, -0.25) is 9.59 Å². The van der Waals surface area contributed by atoms with Gasteiger partial charge in [0.05, 0.1) is 16.8 Å². The normalized spacial score (nSPS) is 11.8. The third kappa shape index (κ3) is 5.18. The Bertz CT molecular complexity index is 1250. The number of benzene rings is 3. The molecule has 0 aliphatic carbocycles. The second kappa shape index (κ2) is 9.97.